The van der Waals surface area contributed by atoms with Crippen LogP contribution in [0.4, 0.5) is 5.69 Å². The Morgan fingerprint density at radius 1 is 1.09 bits per heavy atom. The monoisotopic (exact) mass is 340 g/mol. The average Bonchev–Trinajstić information content (AvgIpc) is 2.44. The van der Waals surface area contributed by atoms with E-state index >= 15 is 0 Å². The number of para-hydroxylation sites is 1. The molecule has 1 aromatic carbocycles. The van der Waals surface area contributed by atoms with Crippen molar-refractivity contribution in [2.45, 2.75) is 46.0 Å². The Kier molecular flexibility index (Phi) is 6.77. The van der Waals surface area contributed by atoms with Gasteiger partial charge in [0.15, 0.2) is 0 Å². The van der Waals surface area contributed by atoms with Gasteiger partial charge >= 0.3 is 0 Å². The maximum atomic E-state index is 12.2. The summed E-state index contributed by atoms with van der Waals surface area (Å²) < 4.78 is 24.7. The van der Waals surface area contributed by atoms with Gasteiger partial charge in [0.25, 0.3) is 0 Å². The zero-order chi connectivity index (χ0) is 17.8. The standard InChI is InChI=1S/C17H28N2O3S/c1-12(2)14-8-7-9-15(13(3)4)17(14)18-16(20)10-11-23(21,22)19(5)6/h7-9,12-13H,10-11H2,1-6H3,(H,18,20). The molecule has 0 saturated carbocycles. The minimum Gasteiger partial charge on any atom is -0.326 e. The second kappa shape index (κ2) is 7.93. The van der Waals surface area contributed by atoms with Gasteiger partial charge in [-0.15, -0.1) is 0 Å². The number of amides is 1. The molecule has 1 amide bonds. The fraction of sp³-hybridized carbons (Fsp3) is 0.588. The summed E-state index contributed by atoms with van der Waals surface area (Å²) in [6.45, 7) is 8.30. The molecule has 23 heavy (non-hydrogen) atoms. The molecule has 0 heterocycles. The summed E-state index contributed by atoms with van der Waals surface area (Å²) in [5, 5.41) is 2.93. The highest BCUT2D eigenvalue weighted by Gasteiger charge is 2.19. The molecule has 1 aromatic rings. The molecule has 0 bridgehead atoms. The molecule has 0 aromatic heterocycles. The molecule has 0 saturated heterocycles. The zero-order valence-corrected chi connectivity index (χ0v) is 15.7. The topological polar surface area (TPSA) is 66.5 Å². The highest BCUT2D eigenvalue weighted by molar-refractivity contribution is 7.89. The minimum absolute atomic E-state index is 0.0511. The summed E-state index contributed by atoms with van der Waals surface area (Å²) in [6, 6.07) is 6.00. The number of sulfonamides is 1. The number of hydrogen-bond donors (Lipinski definition) is 1. The largest absolute Gasteiger partial charge is 0.326 e. The van der Waals surface area contributed by atoms with E-state index in [2.05, 4.69) is 33.0 Å². The maximum absolute atomic E-state index is 12.2. The predicted molar refractivity (Wildman–Crippen MR) is 95.3 cm³/mol. The van der Waals surface area contributed by atoms with Crippen molar-refractivity contribution in [3.8, 4) is 0 Å². The van der Waals surface area contributed by atoms with Gasteiger partial charge in [-0.3, -0.25) is 4.79 Å². The third kappa shape index (κ3) is 5.32. The smallest absolute Gasteiger partial charge is 0.225 e. The van der Waals surface area contributed by atoms with Crippen LogP contribution in [0.5, 0.6) is 0 Å². The van der Waals surface area contributed by atoms with Crippen LogP contribution in [-0.4, -0.2) is 38.5 Å². The van der Waals surface area contributed by atoms with Crippen LogP contribution >= 0.6 is 0 Å². The minimum atomic E-state index is -3.37. The van der Waals surface area contributed by atoms with Gasteiger partial charge in [0.05, 0.1) is 5.75 Å². The molecule has 0 spiro atoms. The first-order valence-corrected chi connectivity index (χ1v) is 9.50. The first-order chi connectivity index (χ1) is 10.6. The van der Waals surface area contributed by atoms with Crippen molar-refractivity contribution >= 4 is 21.6 Å². The molecule has 0 aliphatic rings. The molecular weight excluding hydrogens is 312 g/mol. The number of benzene rings is 1. The van der Waals surface area contributed by atoms with E-state index in [1.165, 1.54) is 14.1 Å². The summed E-state index contributed by atoms with van der Waals surface area (Å²) in [5.74, 6) is 0.0848. The van der Waals surface area contributed by atoms with Gasteiger partial charge in [0.2, 0.25) is 15.9 Å². The molecule has 0 fully saturated rings. The number of anilines is 1. The first kappa shape index (κ1) is 19.6. The lowest BCUT2D eigenvalue weighted by Crippen LogP contribution is -2.28. The fourth-order valence-corrected chi connectivity index (χ4v) is 3.11. The Labute approximate surface area is 140 Å². The van der Waals surface area contributed by atoms with Gasteiger partial charge < -0.3 is 5.32 Å². The summed E-state index contributed by atoms with van der Waals surface area (Å²) in [7, 11) is -0.425. The lowest BCUT2D eigenvalue weighted by Gasteiger charge is -2.20. The van der Waals surface area contributed by atoms with Gasteiger partial charge in [-0.25, -0.2) is 12.7 Å². The number of nitrogens with zero attached hydrogens (tertiary/aromatic N) is 1. The van der Waals surface area contributed by atoms with Crippen LogP contribution in [0.3, 0.4) is 0 Å². The van der Waals surface area contributed by atoms with Gasteiger partial charge in [-0.1, -0.05) is 45.9 Å². The van der Waals surface area contributed by atoms with Crippen LogP contribution < -0.4 is 5.32 Å². The van der Waals surface area contributed by atoms with E-state index in [0.29, 0.717) is 0 Å². The highest BCUT2D eigenvalue weighted by atomic mass is 32.2. The van der Waals surface area contributed by atoms with Gasteiger partial charge in [-0.05, 0) is 23.0 Å². The van der Waals surface area contributed by atoms with Crippen molar-refractivity contribution in [1.82, 2.24) is 4.31 Å². The number of carbonyl (C=O) groups excluding carboxylic acids is 1. The van der Waals surface area contributed by atoms with Crippen molar-refractivity contribution in [1.29, 1.82) is 0 Å². The number of nitrogens with one attached hydrogen (secondary N) is 1. The Balaban J connectivity index is 2.97. The van der Waals surface area contributed by atoms with Crippen molar-refractivity contribution in [3.05, 3.63) is 29.3 Å². The molecule has 0 aliphatic heterocycles. The van der Waals surface area contributed by atoms with Crippen LogP contribution in [0.25, 0.3) is 0 Å². The van der Waals surface area contributed by atoms with E-state index in [1.54, 1.807) is 0 Å². The Hall–Kier alpha value is -1.40. The van der Waals surface area contributed by atoms with Crippen molar-refractivity contribution < 1.29 is 13.2 Å². The first-order valence-electron chi connectivity index (χ1n) is 7.89. The van der Waals surface area contributed by atoms with Crippen LogP contribution in [0.15, 0.2) is 18.2 Å². The van der Waals surface area contributed by atoms with Crippen LogP contribution in [0.1, 0.15) is 57.1 Å². The van der Waals surface area contributed by atoms with E-state index in [0.717, 1.165) is 21.1 Å². The molecule has 0 radical (unpaired) electrons. The number of carbonyl (C=O) groups is 1. The van der Waals surface area contributed by atoms with E-state index < -0.39 is 10.0 Å². The van der Waals surface area contributed by atoms with E-state index in [1.807, 2.05) is 18.2 Å². The average molecular weight is 340 g/mol. The summed E-state index contributed by atoms with van der Waals surface area (Å²) in [6.07, 6.45) is -0.0511. The maximum Gasteiger partial charge on any atom is 0.225 e. The van der Waals surface area contributed by atoms with Crippen LogP contribution in [0, 0.1) is 0 Å². The fourth-order valence-electron chi connectivity index (χ4n) is 2.30. The van der Waals surface area contributed by atoms with Crippen molar-refractivity contribution in [2.24, 2.45) is 0 Å². The van der Waals surface area contributed by atoms with Crippen LogP contribution in [-0.2, 0) is 14.8 Å². The molecule has 5 nitrogen and oxygen atoms in total. The molecule has 1 N–H and O–H groups in total. The molecule has 0 atom stereocenters. The van der Waals surface area contributed by atoms with Crippen LogP contribution in [0.2, 0.25) is 0 Å². The summed E-state index contributed by atoms with van der Waals surface area (Å²) in [5.41, 5.74) is 2.96. The Bertz CT molecular complexity index is 624. The van der Waals surface area contributed by atoms with Gasteiger partial charge in [0, 0.05) is 26.2 Å². The SMILES string of the molecule is CC(C)c1cccc(C(C)C)c1NC(=O)CCS(=O)(=O)N(C)C. The quantitative estimate of drug-likeness (QED) is 0.829. The van der Waals surface area contributed by atoms with E-state index in [-0.39, 0.29) is 29.9 Å². The van der Waals surface area contributed by atoms with E-state index in [9.17, 15) is 13.2 Å². The molecular formula is C17H28N2O3S. The third-order valence-corrected chi connectivity index (χ3v) is 5.61. The second-order valence-corrected chi connectivity index (χ2v) is 8.82. The van der Waals surface area contributed by atoms with Crippen molar-refractivity contribution in [2.75, 3.05) is 25.2 Å². The van der Waals surface area contributed by atoms with Gasteiger partial charge in [-0.2, -0.15) is 0 Å². The van der Waals surface area contributed by atoms with E-state index in [4.69, 9.17) is 0 Å². The second-order valence-electron chi connectivity index (χ2n) is 6.52. The number of rotatable bonds is 7. The lowest BCUT2D eigenvalue weighted by atomic mass is 9.92. The predicted octanol–water partition coefficient (Wildman–Crippen LogP) is 3.15. The molecule has 130 valence electrons. The summed E-state index contributed by atoms with van der Waals surface area (Å²) in [4.78, 5) is 12.2. The molecule has 6 heteroatoms. The summed E-state index contributed by atoms with van der Waals surface area (Å²) >= 11 is 0. The molecule has 0 aliphatic carbocycles. The Morgan fingerprint density at radius 3 is 1.96 bits per heavy atom. The highest BCUT2D eigenvalue weighted by Crippen LogP contribution is 2.32. The molecule has 1 rings (SSSR count). The van der Waals surface area contributed by atoms with Gasteiger partial charge in [0.1, 0.15) is 0 Å². The zero-order valence-electron chi connectivity index (χ0n) is 14.9. The molecule has 0 unspecified atom stereocenters. The Morgan fingerprint density at radius 2 is 1.57 bits per heavy atom. The number of hydrogen-bond acceptors (Lipinski definition) is 3. The normalized spacial score (nSPS) is 12.2. The third-order valence-electron chi connectivity index (χ3n) is 3.78. The van der Waals surface area contributed by atoms with Crippen molar-refractivity contribution in [3.63, 3.8) is 0 Å². The lowest BCUT2D eigenvalue weighted by molar-refractivity contribution is -0.115.